The minimum Gasteiger partial charge on any atom is -0.493 e. The predicted octanol–water partition coefficient (Wildman–Crippen LogP) is 2.22. The van der Waals surface area contributed by atoms with Crippen molar-refractivity contribution in [2.45, 2.75) is 6.54 Å². The summed E-state index contributed by atoms with van der Waals surface area (Å²) in [5.41, 5.74) is 0.426. The minimum atomic E-state index is -0.487. The molecule has 0 aliphatic rings. The number of aromatic hydroxyl groups is 1. The summed E-state index contributed by atoms with van der Waals surface area (Å²) in [6.45, 7) is 3.95. The van der Waals surface area contributed by atoms with Crippen LogP contribution in [-0.2, 0) is 20.6 Å². The first-order chi connectivity index (χ1) is 13.4. The fourth-order valence-corrected chi connectivity index (χ4v) is 3.12. The maximum Gasteiger partial charge on any atom is 0.332 e. The average molecular weight is 379 g/mol. The van der Waals surface area contributed by atoms with Crippen LogP contribution in [0.2, 0.25) is 0 Å². The number of nitrogens with one attached hydrogen (secondary N) is 1. The van der Waals surface area contributed by atoms with Crippen LogP contribution in [0.4, 0.5) is 11.6 Å². The lowest BCUT2D eigenvalue weighted by Gasteiger charge is -2.04. The van der Waals surface area contributed by atoms with Gasteiger partial charge >= 0.3 is 5.69 Å². The molecule has 0 saturated heterocycles. The van der Waals surface area contributed by atoms with Gasteiger partial charge in [-0.15, -0.1) is 16.8 Å². The van der Waals surface area contributed by atoms with E-state index >= 15 is 0 Å². The number of benzene rings is 1. The van der Waals surface area contributed by atoms with Crippen molar-refractivity contribution in [3.8, 4) is 5.88 Å². The van der Waals surface area contributed by atoms with Crippen LogP contribution < -0.4 is 11.2 Å². The molecule has 3 aromatic heterocycles. The molecule has 0 unspecified atom stereocenters. The predicted molar refractivity (Wildman–Crippen MR) is 105 cm³/mol. The van der Waals surface area contributed by atoms with Crippen molar-refractivity contribution in [1.29, 1.82) is 0 Å². The number of hydrogen-bond acceptors (Lipinski definition) is 6. The fraction of sp³-hybridized carbons (Fsp3) is 0.167. The third-order valence-electron chi connectivity index (χ3n) is 4.54. The molecule has 10 heteroatoms. The molecule has 28 heavy (non-hydrogen) atoms. The van der Waals surface area contributed by atoms with Crippen molar-refractivity contribution >= 4 is 33.7 Å². The summed E-state index contributed by atoms with van der Waals surface area (Å²) in [5, 5.41) is 19.1. The Kier molecular flexibility index (Phi) is 3.95. The molecule has 0 aliphatic heterocycles. The largest absolute Gasteiger partial charge is 0.493 e. The quantitative estimate of drug-likeness (QED) is 0.417. The van der Waals surface area contributed by atoms with E-state index in [1.54, 1.807) is 18.2 Å². The molecule has 1 aromatic carbocycles. The van der Waals surface area contributed by atoms with E-state index in [0.717, 1.165) is 4.57 Å². The van der Waals surface area contributed by atoms with Crippen molar-refractivity contribution in [1.82, 2.24) is 23.7 Å². The van der Waals surface area contributed by atoms with Crippen molar-refractivity contribution in [3.63, 3.8) is 0 Å². The van der Waals surface area contributed by atoms with E-state index in [1.165, 1.54) is 23.2 Å². The van der Waals surface area contributed by atoms with Gasteiger partial charge in [-0.2, -0.15) is 4.98 Å². The van der Waals surface area contributed by atoms with Crippen LogP contribution in [0.1, 0.15) is 0 Å². The van der Waals surface area contributed by atoms with Crippen LogP contribution in [-0.4, -0.2) is 28.8 Å². The zero-order chi connectivity index (χ0) is 20.0. The molecular formula is C18H17N7O3. The molecule has 0 atom stereocenters. The Morgan fingerprint density at radius 2 is 1.96 bits per heavy atom. The molecule has 4 aromatic rings. The summed E-state index contributed by atoms with van der Waals surface area (Å²) in [6, 6.07) is 7.26. The summed E-state index contributed by atoms with van der Waals surface area (Å²) in [6.07, 6.45) is 1.59. The van der Waals surface area contributed by atoms with Gasteiger partial charge in [0.25, 0.3) is 11.5 Å². The topological polar surface area (TPSA) is 123 Å². The molecule has 0 radical (unpaired) electrons. The van der Waals surface area contributed by atoms with Crippen LogP contribution in [0.5, 0.6) is 5.88 Å². The highest BCUT2D eigenvalue weighted by atomic mass is 16.3. The number of H-pyrrole nitrogens is 1. The monoisotopic (exact) mass is 379 g/mol. The molecule has 0 spiro atoms. The van der Waals surface area contributed by atoms with Crippen molar-refractivity contribution in [2.75, 3.05) is 0 Å². The SMILES string of the molecule is C=CCn1c(N=Nc2c(O)[nH]c3ccccc23)nc2c1c(=O)n(C)c(=O)n2C. The Morgan fingerprint density at radius 1 is 1.21 bits per heavy atom. The summed E-state index contributed by atoms with van der Waals surface area (Å²) in [7, 11) is 2.93. The van der Waals surface area contributed by atoms with Crippen LogP contribution in [0.3, 0.4) is 0 Å². The van der Waals surface area contributed by atoms with Gasteiger partial charge in [0.2, 0.25) is 5.88 Å². The number of nitrogens with zero attached hydrogens (tertiary/aromatic N) is 6. The number of rotatable bonds is 4. The van der Waals surface area contributed by atoms with Gasteiger partial charge in [-0.25, -0.2) is 4.79 Å². The van der Waals surface area contributed by atoms with E-state index in [9.17, 15) is 14.7 Å². The van der Waals surface area contributed by atoms with Crippen molar-refractivity contribution < 1.29 is 5.11 Å². The number of para-hydroxylation sites is 1. The van der Waals surface area contributed by atoms with Gasteiger partial charge in [0.05, 0.1) is 5.52 Å². The molecule has 0 fully saturated rings. The third kappa shape index (κ3) is 2.46. The molecule has 0 aliphatic carbocycles. The number of azo groups is 1. The number of hydrogen-bond donors (Lipinski definition) is 2. The van der Waals surface area contributed by atoms with E-state index in [-0.39, 0.29) is 35.2 Å². The van der Waals surface area contributed by atoms with Gasteiger partial charge in [0.1, 0.15) is 0 Å². The number of aryl methyl sites for hydroxylation is 1. The lowest BCUT2D eigenvalue weighted by molar-refractivity contribution is 0.459. The van der Waals surface area contributed by atoms with E-state index in [1.807, 2.05) is 12.1 Å². The highest BCUT2D eigenvalue weighted by Gasteiger charge is 2.19. The van der Waals surface area contributed by atoms with Crippen molar-refractivity contribution in [3.05, 3.63) is 57.8 Å². The Labute approximate surface area is 157 Å². The highest BCUT2D eigenvalue weighted by Crippen LogP contribution is 2.36. The molecule has 3 heterocycles. The van der Waals surface area contributed by atoms with Crippen LogP contribution in [0.15, 0.2) is 56.7 Å². The molecule has 0 bridgehead atoms. The Balaban J connectivity index is 1.96. The molecule has 10 nitrogen and oxygen atoms in total. The molecular weight excluding hydrogens is 362 g/mol. The third-order valence-corrected chi connectivity index (χ3v) is 4.54. The van der Waals surface area contributed by atoms with Crippen LogP contribution >= 0.6 is 0 Å². The Hall–Kier alpha value is -3.95. The van der Waals surface area contributed by atoms with Crippen LogP contribution in [0.25, 0.3) is 22.1 Å². The summed E-state index contributed by atoms with van der Waals surface area (Å²) < 4.78 is 3.81. The van der Waals surface area contributed by atoms with E-state index < -0.39 is 11.2 Å². The fourth-order valence-electron chi connectivity index (χ4n) is 3.12. The maximum atomic E-state index is 12.6. The second-order valence-corrected chi connectivity index (χ2v) is 6.26. The van der Waals surface area contributed by atoms with Crippen LogP contribution in [0, 0.1) is 0 Å². The minimum absolute atomic E-state index is 0.123. The second kappa shape index (κ2) is 6.34. The molecule has 4 rings (SSSR count). The normalized spacial score (nSPS) is 11.8. The number of allylic oxidation sites excluding steroid dienone is 1. The van der Waals surface area contributed by atoms with Gasteiger partial charge < -0.3 is 10.1 Å². The summed E-state index contributed by atoms with van der Waals surface area (Å²) in [5.74, 6) is -0.00229. The van der Waals surface area contributed by atoms with Gasteiger partial charge in [0, 0.05) is 26.0 Å². The van der Waals surface area contributed by atoms with Gasteiger partial charge in [0.15, 0.2) is 16.9 Å². The summed E-state index contributed by atoms with van der Waals surface area (Å²) >= 11 is 0. The lowest BCUT2D eigenvalue weighted by atomic mass is 10.2. The average Bonchev–Trinajstić information content (AvgIpc) is 3.20. The number of imidazole rings is 1. The molecule has 0 saturated carbocycles. The molecule has 0 amide bonds. The van der Waals surface area contributed by atoms with Crippen molar-refractivity contribution in [2.24, 2.45) is 24.3 Å². The maximum absolute atomic E-state index is 12.6. The molecule has 2 N–H and O–H groups in total. The van der Waals surface area contributed by atoms with Gasteiger partial charge in [-0.1, -0.05) is 24.3 Å². The standard InChI is InChI=1S/C18H17N7O3/c1-4-9-25-13-14(23(2)18(28)24(3)16(13)27)20-17(25)22-21-12-10-7-5-6-8-11(10)19-15(12)26/h4-8,19,26H,1,9H2,2-3H3. The van der Waals surface area contributed by atoms with Gasteiger partial charge in [-0.05, 0) is 6.07 Å². The zero-order valence-electron chi connectivity index (χ0n) is 15.2. The Morgan fingerprint density at radius 3 is 2.71 bits per heavy atom. The highest BCUT2D eigenvalue weighted by molar-refractivity contribution is 5.94. The number of fused-ring (bicyclic) bond motifs is 2. The first-order valence-electron chi connectivity index (χ1n) is 8.42. The first-order valence-corrected chi connectivity index (χ1v) is 8.42. The Bertz CT molecular complexity index is 1380. The lowest BCUT2D eigenvalue weighted by Crippen LogP contribution is -2.37. The van der Waals surface area contributed by atoms with E-state index in [2.05, 4.69) is 26.8 Å². The molecule has 142 valence electrons. The number of aromatic nitrogens is 5. The first kappa shape index (κ1) is 17.5. The second-order valence-electron chi connectivity index (χ2n) is 6.26. The van der Waals surface area contributed by atoms with Gasteiger partial charge in [-0.3, -0.25) is 18.5 Å². The summed E-state index contributed by atoms with van der Waals surface area (Å²) in [4.78, 5) is 31.9. The number of aromatic amines is 1. The van der Waals surface area contributed by atoms with E-state index in [4.69, 9.17) is 0 Å². The van der Waals surface area contributed by atoms with E-state index in [0.29, 0.717) is 10.9 Å². The zero-order valence-corrected chi connectivity index (χ0v) is 15.2. The smallest absolute Gasteiger partial charge is 0.332 e.